The van der Waals surface area contributed by atoms with Crippen LogP contribution in [0, 0.1) is 20.8 Å². The number of para-hydroxylation sites is 1. The second-order valence-corrected chi connectivity index (χ2v) is 8.30. The third kappa shape index (κ3) is 3.73. The summed E-state index contributed by atoms with van der Waals surface area (Å²) in [6, 6.07) is 17.9. The second kappa shape index (κ2) is 8.22. The van der Waals surface area contributed by atoms with Crippen LogP contribution in [0.5, 0.6) is 0 Å². The number of carbonyl (C=O) groups excluding carboxylic acids is 2. The van der Waals surface area contributed by atoms with Gasteiger partial charge in [0.25, 0.3) is 11.8 Å². The Balaban J connectivity index is 1.89. The summed E-state index contributed by atoms with van der Waals surface area (Å²) in [7, 11) is 0. The van der Waals surface area contributed by atoms with E-state index in [0.29, 0.717) is 32.6 Å². The van der Waals surface area contributed by atoms with Crippen molar-refractivity contribution in [2.75, 3.05) is 10.2 Å². The SMILES string of the molecule is Cc1ccc(C2=C(Nc3cccc(Cl)c3C)C(=O)N(c3ccccc3Cl)C2=O)cc1C. The predicted octanol–water partition coefficient (Wildman–Crippen LogP) is 6.32. The minimum Gasteiger partial charge on any atom is -0.350 e. The van der Waals surface area contributed by atoms with Crippen molar-refractivity contribution in [2.45, 2.75) is 20.8 Å². The largest absolute Gasteiger partial charge is 0.350 e. The van der Waals surface area contributed by atoms with Gasteiger partial charge >= 0.3 is 0 Å². The molecule has 4 nitrogen and oxygen atoms in total. The maximum absolute atomic E-state index is 13.5. The van der Waals surface area contributed by atoms with Crippen LogP contribution in [0.2, 0.25) is 10.0 Å². The standard InChI is InChI=1S/C25H20Cl2N2O2/c1-14-11-12-17(13-15(14)2)22-23(28-20-9-6-8-18(26)16(20)3)25(31)29(24(22)30)21-10-5-4-7-19(21)27/h4-13,28H,1-3H3. The molecule has 1 N–H and O–H groups in total. The fourth-order valence-corrected chi connectivity index (χ4v) is 3.93. The fraction of sp³-hybridized carbons (Fsp3) is 0.120. The summed E-state index contributed by atoms with van der Waals surface area (Å²) >= 11 is 12.6. The topological polar surface area (TPSA) is 49.4 Å². The molecule has 0 saturated carbocycles. The first kappa shape index (κ1) is 21.2. The number of imide groups is 1. The van der Waals surface area contributed by atoms with Crippen LogP contribution < -0.4 is 10.2 Å². The Morgan fingerprint density at radius 1 is 0.774 bits per heavy atom. The van der Waals surface area contributed by atoms with E-state index in [1.54, 1.807) is 36.4 Å². The summed E-state index contributed by atoms with van der Waals surface area (Å²) in [6.07, 6.45) is 0. The molecule has 0 atom stereocenters. The molecule has 31 heavy (non-hydrogen) atoms. The van der Waals surface area contributed by atoms with Gasteiger partial charge in [-0.15, -0.1) is 0 Å². The van der Waals surface area contributed by atoms with Crippen molar-refractivity contribution in [3.8, 4) is 0 Å². The van der Waals surface area contributed by atoms with Crippen LogP contribution in [0.1, 0.15) is 22.3 Å². The average molecular weight is 451 g/mol. The number of rotatable bonds is 4. The van der Waals surface area contributed by atoms with E-state index in [9.17, 15) is 9.59 Å². The van der Waals surface area contributed by atoms with Crippen LogP contribution in [0.25, 0.3) is 5.57 Å². The number of anilines is 2. The highest BCUT2D eigenvalue weighted by molar-refractivity contribution is 6.48. The van der Waals surface area contributed by atoms with E-state index in [2.05, 4.69) is 5.32 Å². The van der Waals surface area contributed by atoms with Crippen molar-refractivity contribution < 1.29 is 9.59 Å². The number of nitrogens with one attached hydrogen (secondary N) is 1. The lowest BCUT2D eigenvalue weighted by Gasteiger charge is -2.17. The Morgan fingerprint density at radius 2 is 1.48 bits per heavy atom. The van der Waals surface area contributed by atoms with Gasteiger partial charge in [-0.25, -0.2) is 4.90 Å². The van der Waals surface area contributed by atoms with Crippen molar-refractivity contribution in [2.24, 2.45) is 0 Å². The van der Waals surface area contributed by atoms with Crippen molar-refractivity contribution in [1.29, 1.82) is 0 Å². The highest BCUT2D eigenvalue weighted by Crippen LogP contribution is 2.37. The van der Waals surface area contributed by atoms with Gasteiger partial charge in [-0.1, -0.05) is 59.6 Å². The number of aryl methyl sites for hydroxylation is 2. The molecule has 3 aromatic carbocycles. The highest BCUT2D eigenvalue weighted by Gasteiger charge is 2.41. The fourth-order valence-electron chi connectivity index (χ4n) is 3.54. The minimum atomic E-state index is -0.467. The molecule has 0 aromatic heterocycles. The first-order valence-corrected chi connectivity index (χ1v) is 10.5. The number of halogens is 2. The molecule has 156 valence electrons. The quantitative estimate of drug-likeness (QED) is 0.473. The highest BCUT2D eigenvalue weighted by atomic mass is 35.5. The van der Waals surface area contributed by atoms with E-state index < -0.39 is 11.8 Å². The van der Waals surface area contributed by atoms with Crippen molar-refractivity contribution in [3.63, 3.8) is 0 Å². The Bertz CT molecular complexity index is 1260. The van der Waals surface area contributed by atoms with Gasteiger partial charge in [0.1, 0.15) is 5.70 Å². The molecule has 1 heterocycles. The minimum absolute atomic E-state index is 0.193. The van der Waals surface area contributed by atoms with Crippen molar-refractivity contribution in [1.82, 2.24) is 0 Å². The van der Waals surface area contributed by atoms with E-state index in [0.717, 1.165) is 21.6 Å². The smallest absolute Gasteiger partial charge is 0.282 e. The Hall–Kier alpha value is -3.08. The van der Waals surface area contributed by atoms with E-state index in [1.807, 2.05) is 45.0 Å². The van der Waals surface area contributed by atoms with Crippen LogP contribution in [0.15, 0.2) is 66.4 Å². The molecule has 4 rings (SSSR count). The van der Waals surface area contributed by atoms with Gasteiger partial charge in [0.05, 0.1) is 16.3 Å². The van der Waals surface area contributed by atoms with Crippen LogP contribution in [0.3, 0.4) is 0 Å². The number of hydrogen-bond donors (Lipinski definition) is 1. The molecule has 0 aliphatic carbocycles. The number of nitrogens with zero attached hydrogens (tertiary/aromatic N) is 1. The molecule has 6 heteroatoms. The average Bonchev–Trinajstić information content (AvgIpc) is 2.98. The third-order valence-corrected chi connectivity index (χ3v) is 6.23. The number of carbonyl (C=O) groups is 2. The molecule has 1 aliphatic rings. The van der Waals surface area contributed by atoms with E-state index in [-0.39, 0.29) is 5.70 Å². The second-order valence-electron chi connectivity index (χ2n) is 7.48. The molecule has 0 unspecified atom stereocenters. The lowest BCUT2D eigenvalue weighted by atomic mass is 9.99. The Labute approximate surface area is 191 Å². The van der Waals surface area contributed by atoms with Gasteiger partial charge in [-0.05, 0) is 67.3 Å². The summed E-state index contributed by atoms with van der Waals surface area (Å²) in [6.45, 7) is 5.83. The molecule has 0 bridgehead atoms. The van der Waals surface area contributed by atoms with Crippen LogP contribution >= 0.6 is 23.2 Å². The van der Waals surface area contributed by atoms with Crippen molar-refractivity contribution in [3.05, 3.63) is 98.7 Å². The molecule has 3 aromatic rings. The van der Waals surface area contributed by atoms with Gasteiger partial charge < -0.3 is 5.32 Å². The normalized spacial score (nSPS) is 13.9. The van der Waals surface area contributed by atoms with Crippen molar-refractivity contribution >= 4 is 52.0 Å². The number of amides is 2. The van der Waals surface area contributed by atoms with E-state index in [4.69, 9.17) is 23.2 Å². The molecular formula is C25H20Cl2N2O2. The van der Waals surface area contributed by atoms with E-state index in [1.165, 1.54) is 0 Å². The van der Waals surface area contributed by atoms with E-state index >= 15 is 0 Å². The van der Waals surface area contributed by atoms with Gasteiger partial charge in [0, 0.05) is 10.7 Å². The van der Waals surface area contributed by atoms with Crippen LogP contribution in [-0.4, -0.2) is 11.8 Å². The van der Waals surface area contributed by atoms with Gasteiger partial charge in [0.2, 0.25) is 0 Å². The summed E-state index contributed by atoms with van der Waals surface area (Å²) in [4.78, 5) is 28.2. The molecule has 0 spiro atoms. The maximum Gasteiger partial charge on any atom is 0.282 e. The predicted molar refractivity (Wildman–Crippen MR) is 127 cm³/mol. The van der Waals surface area contributed by atoms with Crippen LogP contribution in [0.4, 0.5) is 11.4 Å². The Morgan fingerprint density at radius 3 is 2.19 bits per heavy atom. The number of benzene rings is 3. The first-order chi connectivity index (χ1) is 14.8. The van der Waals surface area contributed by atoms with Crippen LogP contribution in [-0.2, 0) is 9.59 Å². The first-order valence-electron chi connectivity index (χ1n) is 9.77. The molecule has 0 radical (unpaired) electrons. The summed E-state index contributed by atoms with van der Waals surface area (Å²) in [5.41, 5.74) is 5.08. The molecule has 0 fully saturated rings. The molecule has 1 aliphatic heterocycles. The maximum atomic E-state index is 13.5. The summed E-state index contributed by atoms with van der Waals surface area (Å²) < 4.78 is 0. The zero-order valence-corrected chi connectivity index (χ0v) is 18.8. The summed E-state index contributed by atoms with van der Waals surface area (Å²) in [5, 5.41) is 4.06. The molecule has 2 amide bonds. The summed E-state index contributed by atoms with van der Waals surface area (Å²) in [5.74, 6) is -0.894. The Kier molecular flexibility index (Phi) is 5.61. The van der Waals surface area contributed by atoms with Gasteiger partial charge in [-0.2, -0.15) is 0 Å². The lowest BCUT2D eigenvalue weighted by molar-refractivity contribution is -0.120. The van der Waals surface area contributed by atoms with Gasteiger partial charge in [0.15, 0.2) is 0 Å². The number of hydrogen-bond acceptors (Lipinski definition) is 3. The van der Waals surface area contributed by atoms with Gasteiger partial charge in [-0.3, -0.25) is 9.59 Å². The molecule has 0 saturated heterocycles. The monoisotopic (exact) mass is 450 g/mol. The zero-order chi connectivity index (χ0) is 22.3. The lowest BCUT2D eigenvalue weighted by Crippen LogP contribution is -2.32. The third-order valence-electron chi connectivity index (χ3n) is 5.50. The zero-order valence-electron chi connectivity index (χ0n) is 17.3. The molecular weight excluding hydrogens is 431 g/mol.